The van der Waals surface area contributed by atoms with Crippen LogP contribution in [0.5, 0.6) is 5.75 Å². The van der Waals surface area contributed by atoms with E-state index in [1.54, 1.807) is 18.1 Å². The molecule has 2 aromatic rings. The summed E-state index contributed by atoms with van der Waals surface area (Å²) >= 11 is 0. The molecule has 7 nitrogen and oxygen atoms in total. The number of fused-ring (bicyclic) bond motifs is 1. The molecule has 1 saturated heterocycles. The lowest BCUT2D eigenvalue weighted by Crippen LogP contribution is -2.51. The number of pyridine rings is 1. The molecule has 1 aromatic carbocycles. The number of rotatable bonds is 5. The second-order valence-electron chi connectivity index (χ2n) is 7.05. The summed E-state index contributed by atoms with van der Waals surface area (Å²) in [5, 5.41) is 3.83. The number of hydrogen-bond acceptors (Lipinski definition) is 5. The molecule has 27 heavy (non-hydrogen) atoms. The Hall–Kier alpha value is -2.67. The Morgan fingerprint density at radius 3 is 2.56 bits per heavy atom. The Kier molecular flexibility index (Phi) is 5.91. The number of carbonyl (C=O) groups is 2. The van der Waals surface area contributed by atoms with Crippen molar-refractivity contribution in [3.63, 3.8) is 0 Å². The van der Waals surface area contributed by atoms with Crippen LogP contribution < -0.4 is 10.1 Å². The molecule has 0 radical (unpaired) electrons. The number of carbonyl (C=O) groups excluding carboxylic acids is 2. The molecular weight excluding hydrogens is 344 g/mol. The molecule has 1 aromatic heterocycles. The van der Waals surface area contributed by atoms with Gasteiger partial charge in [0, 0.05) is 37.6 Å². The third-order valence-electron chi connectivity index (χ3n) is 4.59. The van der Waals surface area contributed by atoms with Crippen LogP contribution >= 0.6 is 0 Å². The lowest BCUT2D eigenvalue weighted by Gasteiger charge is -2.34. The van der Waals surface area contributed by atoms with E-state index >= 15 is 0 Å². The topological polar surface area (TPSA) is 74.8 Å². The second kappa shape index (κ2) is 8.35. The summed E-state index contributed by atoms with van der Waals surface area (Å²) in [5.74, 6) is 0.719. The quantitative estimate of drug-likeness (QED) is 0.864. The van der Waals surface area contributed by atoms with E-state index in [2.05, 4.69) is 15.2 Å². The van der Waals surface area contributed by atoms with E-state index in [-0.39, 0.29) is 17.9 Å². The minimum Gasteiger partial charge on any atom is -0.497 e. The zero-order valence-electron chi connectivity index (χ0n) is 16.1. The fourth-order valence-electron chi connectivity index (χ4n) is 3.19. The molecule has 2 amide bonds. The summed E-state index contributed by atoms with van der Waals surface area (Å²) in [4.78, 5) is 33.0. The van der Waals surface area contributed by atoms with Gasteiger partial charge in [0.2, 0.25) is 5.91 Å². The van der Waals surface area contributed by atoms with Gasteiger partial charge >= 0.3 is 0 Å². The van der Waals surface area contributed by atoms with Crippen molar-refractivity contribution in [1.29, 1.82) is 0 Å². The van der Waals surface area contributed by atoms with Crippen molar-refractivity contribution in [3.05, 3.63) is 36.0 Å². The second-order valence-corrected chi connectivity index (χ2v) is 7.05. The molecule has 1 N–H and O–H groups in total. The summed E-state index contributed by atoms with van der Waals surface area (Å²) in [6.45, 7) is 6.81. The van der Waals surface area contributed by atoms with E-state index in [1.807, 2.05) is 38.1 Å². The van der Waals surface area contributed by atoms with Gasteiger partial charge in [-0.25, -0.2) is 4.98 Å². The lowest BCUT2D eigenvalue weighted by molar-refractivity contribution is -0.123. The maximum Gasteiger partial charge on any atom is 0.272 e. The van der Waals surface area contributed by atoms with Crippen molar-refractivity contribution in [2.24, 2.45) is 0 Å². The van der Waals surface area contributed by atoms with E-state index in [9.17, 15) is 9.59 Å². The molecule has 0 atom stereocenters. The molecule has 0 bridgehead atoms. The predicted molar refractivity (Wildman–Crippen MR) is 104 cm³/mol. The van der Waals surface area contributed by atoms with Crippen LogP contribution in [0.2, 0.25) is 0 Å². The first-order valence-corrected chi connectivity index (χ1v) is 9.22. The number of ether oxygens (including phenoxy) is 1. The summed E-state index contributed by atoms with van der Waals surface area (Å²) < 4.78 is 5.22. The van der Waals surface area contributed by atoms with Crippen LogP contribution in [0.15, 0.2) is 30.3 Å². The molecule has 0 aliphatic carbocycles. The van der Waals surface area contributed by atoms with Crippen LogP contribution in [0.25, 0.3) is 10.9 Å². The van der Waals surface area contributed by atoms with Gasteiger partial charge in [0.1, 0.15) is 11.4 Å². The van der Waals surface area contributed by atoms with Crippen molar-refractivity contribution in [2.45, 2.75) is 19.9 Å². The van der Waals surface area contributed by atoms with Crippen LogP contribution in [0.1, 0.15) is 24.3 Å². The zero-order chi connectivity index (χ0) is 19.4. The van der Waals surface area contributed by atoms with E-state index < -0.39 is 0 Å². The number of piperazine rings is 1. The molecule has 3 rings (SSSR count). The number of amides is 2. The predicted octanol–water partition coefficient (Wildman–Crippen LogP) is 1.53. The molecule has 1 aliphatic rings. The van der Waals surface area contributed by atoms with Crippen molar-refractivity contribution in [3.8, 4) is 5.75 Å². The molecular formula is C20H26N4O3. The summed E-state index contributed by atoms with van der Waals surface area (Å²) in [6.07, 6.45) is 0. The summed E-state index contributed by atoms with van der Waals surface area (Å²) in [7, 11) is 1.62. The van der Waals surface area contributed by atoms with Crippen molar-refractivity contribution in [2.75, 3.05) is 39.8 Å². The highest BCUT2D eigenvalue weighted by atomic mass is 16.5. The highest BCUT2D eigenvalue weighted by molar-refractivity contribution is 5.95. The molecule has 7 heteroatoms. The third kappa shape index (κ3) is 4.74. The van der Waals surface area contributed by atoms with Crippen molar-refractivity contribution >= 4 is 22.7 Å². The van der Waals surface area contributed by atoms with E-state index in [0.717, 1.165) is 16.7 Å². The number of hydrogen-bond donors (Lipinski definition) is 1. The first-order valence-electron chi connectivity index (χ1n) is 9.22. The number of aromatic nitrogens is 1. The number of methoxy groups -OCH3 is 1. The van der Waals surface area contributed by atoms with Gasteiger partial charge in [0.15, 0.2) is 0 Å². The zero-order valence-corrected chi connectivity index (χ0v) is 16.1. The van der Waals surface area contributed by atoms with Gasteiger partial charge < -0.3 is 15.0 Å². The first kappa shape index (κ1) is 19.1. The Morgan fingerprint density at radius 1 is 1.15 bits per heavy atom. The molecule has 0 saturated carbocycles. The molecule has 144 valence electrons. The van der Waals surface area contributed by atoms with Gasteiger partial charge in [-0.2, -0.15) is 0 Å². The standard InChI is InChI=1S/C20H26N4O3/c1-14(2)21-19(25)13-23-8-10-24(11-9-23)20(26)18-6-4-15-12-16(27-3)5-7-17(15)22-18/h4-7,12,14H,8-11,13H2,1-3H3,(H,21,25). The Labute approximate surface area is 159 Å². The van der Waals surface area contributed by atoms with Gasteiger partial charge in [-0.3, -0.25) is 14.5 Å². The Bertz CT molecular complexity index is 829. The highest BCUT2D eigenvalue weighted by Gasteiger charge is 2.24. The Balaban J connectivity index is 1.60. The van der Waals surface area contributed by atoms with Gasteiger partial charge in [-0.1, -0.05) is 6.07 Å². The summed E-state index contributed by atoms with van der Waals surface area (Å²) in [5.41, 5.74) is 1.21. The minimum absolute atomic E-state index is 0.0244. The van der Waals surface area contributed by atoms with Crippen molar-refractivity contribution in [1.82, 2.24) is 20.1 Å². The monoisotopic (exact) mass is 370 g/mol. The average Bonchev–Trinajstić information content (AvgIpc) is 2.66. The fourth-order valence-corrected chi connectivity index (χ4v) is 3.19. The normalized spacial score (nSPS) is 15.2. The van der Waals surface area contributed by atoms with Crippen LogP contribution in [-0.4, -0.2) is 72.5 Å². The van der Waals surface area contributed by atoms with Gasteiger partial charge in [-0.05, 0) is 38.1 Å². The largest absolute Gasteiger partial charge is 0.497 e. The highest BCUT2D eigenvalue weighted by Crippen LogP contribution is 2.20. The summed E-state index contributed by atoms with van der Waals surface area (Å²) in [6, 6.07) is 9.38. The Morgan fingerprint density at radius 2 is 1.89 bits per heavy atom. The smallest absolute Gasteiger partial charge is 0.272 e. The molecule has 0 unspecified atom stereocenters. The number of benzene rings is 1. The average molecular weight is 370 g/mol. The van der Waals surface area contributed by atoms with Crippen LogP contribution in [0.4, 0.5) is 0 Å². The van der Waals surface area contributed by atoms with E-state index in [4.69, 9.17) is 4.74 Å². The minimum atomic E-state index is -0.0704. The third-order valence-corrected chi connectivity index (χ3v) is 4.59. The first-order chi connectivity index (χ1) is 13.0. The molecule has 2 heterocycles. The van der Waals surface area contributed by atoms with E-state index in [0.29, 0.717) is 38.4 Å². The lowest BCUT2D eigenvalue weighted by atomic mass is 10.1. The van der Waals surface area contributed by atoms with Gasteiger partial charge in [-0.15, -0.1) is 0 Å². The number of nitrogens with one attached hydrogen (secondary N) is 1. The fraction of sp³-hybridized carbons (Fsp3) is 0.450. The van der Waals surface area contributed by atoms with Crippen LogP contribution in [-0.2, 0) is 4.79 Å². The number of nitrogens with zero attached hydrogens (tertiary/aromatic N) is 3. The van der Waals surface area contributed by atoms with Crippen molar-refractivity contribution < 1.29 is 14.3 Å². The maximum absolute atomic E-state index is 12.8. The van der Waals surface area contributed by atoms with Gasteiger partial charge in [0.25, 0.3) is 5.91 Å². The molecule has 1 aliphatic heterocycles. The maximum atomic E-state index is 12.8. The van der Waals surface area contributed by atoms with Crippen LogP contribution in [0, 0.1) is 0 Å². The van der Waals surface area contributed by atoms with E-state index in [1.165, 1.54) is 0 Å². The SMILES string of the molecule is COc1ccc2nc(C(=O)N3CCN(CC(=O)NC(C)C)CC3)ccc2c1. The molecule has 0 spiro atoms. The molecule has 1 fully saturated rings. The van der Waals surface area contributed by atoms with Gasteiger partial charge in [0.05, 0.1) is 19.2 Å². The van der Waals surface area contributed by atoms with Crippen LogP contribution in [0.3, 0.4) is 0 Å².